The molecule has 2 aromatic heterocycles. The zero-order valence-electron chi connectivity index (χ0n) is 10.2. The van der Waals surface area contributed by atoms with Gasteiger partial charge in [-0.25, -0.2) is 0 Å². The minimum Gasteiger partial charge on any atom is -0.288 e. The minimum atomic E-state index is -0.0626. The summed E-state index contributed by atoms with van der Waals surface area (Å²) in [5.41, 5.74) is 1.53. The van der Waals surface area contributed by atoms with Gasteiger partial charge < -0.3 is 0 Å². The van der Waals surface area contributed by atoms with E-state index in [1.54, 1.807) is 12.4 Å². The molecular weight excluding hydrogens is 278 g/mol. The van der Waals surface area contributed by atoms with Crippen LogP contribution >= 0.6 is 22.9 Å². The lowest BCUT2D eigenvalue weighted by molar-refractivity contribution is 0.104. The Morgan fingerprint density at radius 1 is 1.26 bits per heavy atom. The monoisotopic (exact) mass is 287 g/mol. The number of carbonyl (C=O) groups excluding carboxylic acids is 1. The Kier molecular flexibility index (Phi) is 3.09. The van der Waals surface area contributed by atoms with E-state index in [2.05, 4.69) is 4.98 Å². The van der Waals surface area contributed by atoms with Crippen molar-refractivity contribution in [2.24, 2.45) is 0 Å². The molecule has 0 aliphatic heterocycles. The normalized spacial score (nSPS) is 10.8. The lowest BCUT2D eigenvalue weighted by Gasteiger charge is -2.04. The van der Waals surface area contributed by atoms with Crippen molar-refractivity contribution in [2.75, 3.05) is 0 Å². The fourth-order valence-corrected chi connectivity index (χ4v) is 3.24. The molecule has 0 saturated carbocycles. The molecule has 0 amide bonds. The molecule has 0 radical (unpaired) electrons. The van der Waals surface area contributed by atoms with Gasteiger partial charge in [-0.15, -0.1) is 11.3 Å². The van der Waals surface area contributed by atoms with E-state index >= 15 is 0 Å². The van der Waals surface area contributed by atoms with Crippen molar-refractivity contribution in [3.63, 3.8) is 0 Å². The van der Waals surface area contributed by atoms with Crippen molar-refractivity contribution in [1.82, 2.24) is 4.98 Å². The van der Waals surface area contributed by atoms with Crippen LogP contribution in [0.3, 0.4) is 0 Å². The third-order valence-electron chi connectivity index (χ3n) is 3.02. The fraction of sp³-hybridized carbons (Fsp3) is 0.0667. The Bertz CT molecular complexity index is 773. The molecule has 94 valence electrons. The molecule has 0 atom stereocenters. The van der Waals surface area contributed by atoms with Crippen LogP contribution in [0, 0.1) is 6.92 Å². The summed E-state index contributed by atoms with van der Waals surface area (Å²) in [6.45, 7) is 1.90. The highest BCUT2D eigenvalue weighted by molar-refractivity contribution is 7.13. The lowest BCUT2D eigenvalue weighted by Crippen LogP contribution is -2.01. The summed E-state index contributed by atoms with van der Waals surface area (Å²) in [6.07, 6.45) is 3.36. The van der Waals surface area contributed by atoms with Crippen LogP contribution in [0.25, 0.3) is 10.8 Å². The summed E-state index contributed by atoms with van der Waals surface area (Å²) in [5, 5.41) is 4.30. The first-order valence-corrected chi connectivity index (χ1v) is 7.05. The number of fused-ring (bicyclic) bond motifs is 1. The number of thiophene rings is 1. The third kappa shape index (κ3) is 2.05. The van der Waals surface area contributed by atoms with Gasteiger partial charge in [-0.3, -0.25) is 9.78 Å². The van der Waals surface area contributed by atoms with Crippen LogP contribution in [0.4, 0.5) is 0 Å². The first-order chi connectivity index (χ1) is 9.18. The van der Waals surface area contributed by atoms with Crippen molar-refractivity contribution in [3.05, 3.63) is 63.1 Å². The molecule has 3 aromatic rings. The summed E-state index contributed by atoms with van der Waals surface area (Å²) in [7, 11) is 0. The molecule has 0 aliphatic rings. The summed E-state index contributed by atoms with van der Waals surface area (Å²) < 4.78 is 0. The topological polar surface area (TPSA) is 30.0 Å². The van der Waals surface area contributed by atoms with Gasteiger partial charge in [-0.1, -0.05) is 35.9 Å². The van der Waals surface area contributed by atoms with E-state index in [9.17, 15) is 4.79 Å². The average Bonchev–Trinajstić information content (AvgIpc) is 2.78. The summed E-state index contributed by atoms with van der Waals surface area (Å²) in [6, 6.07) is 7.72. The summed E-state index contributed by atoms with van der Waals surface area (Å²) in [4.78, 5) is 17.3. The van der Waals surface area contributed by atoms with Gasteiger partial charge in [0.1, 0.15) is 0 Å². The molecule has 0 spiro atoms. The average molecular weight is 288 g/mol. The first kappa shape index (κ1) is 12.3. The van der Waals surface area contributed by atoms with Gasteiger partial charge in [0.25, 0.3) is 0 Å². The SMILES string of the molecule is Cc1csc(C(=O)c2cncc3ccccc23)c1Cl. The van der Waals surface area contributed by atoms with Crippen molar-refractivity contribution < 1.29 is 4.79 Å². The second-order valence-electron chi connectivity index (χ2n) is 4.30. The highest BCUT2D eigenvalue weighted by Crippen LogP contribution is 2.30. The van der Waals surface area contributed by atoms with Gasteiger partial charge in [0.2, 0.25) is 5.78 Å². The second kappa shape index (κ2) is 4.76. The predicted molar refractivity (Wildman–Crippen MR) is 79.2 cm³/mol. The van der Waals surface area contributed by atoms with E-state index in [1.165, 1.54) is 11.3 Å². The zero-order chi connectivity index (χ0) is 13.4. The highest BCUT2D eigenvalue weighted by atomic mass is 35.5. The van der Waals surface area contributed by atoms with Gasteiger partial charge >= 0.3 is 0 Å². The number of halogens is 1. The maximum absolute atomic E-state index is 12.6. The van der Waals surface area contributed by atoms with Crippen LogP contribution in [0.5, 0.6) is 0 Å². The second-order valence-corrected chi connectivity index (χ2v) is 5.56. The van der Waals surface area contributed by atoms with E-state index in [-0.39, 0.29) is 5.78 Å². The van der Waals surface area contributed by atoms with Crippen LogP contribution < -0.4 is 0 Å². The lowest BCUT2D eigenvalue weighted by atomic mass is 10.0. The van der Waals surface area contributed by atoms with E-state index in [0.717, 1.165) is 16.3 Å². The molecule has 19 heavy (non-hydrogen) atoms. The van der Waals surface area contributed by atoms with Crippen molar-refractivity contribution in [2.45, 2.75) is 6.92 Å². The van der Waals surface area contributed by atoms with Crippen molar-refractivity contribution in [3.8, 4) is 0 Å². The first-order valence-electron chi connectivity index (χ1n) is 5.79. The molecule has 2 heterocycles. The van der Waals surface area contributed by atoms with Crippen LogP contribution in [0.1, 0.15) is 20.8 Å². The van der Waals surface area contributed by atoms with Gasteiger partial charge in [-0.05, 0) is 23.3 Å². The number of hydrogen-bond donors (Lipinski definition) is 0. The third-order valence-corrected chi connectivity index (χ3v) is 4.71. The van der Waals surface area contributed by atoms with Gasteiger partial charge in [0.05, 0.1) is 9.90 Å². The number of hydrogen-bond acceptors (Lipinski definition) is 3. The molecule has 0 bridgehead atoms. The maximum Gasteiger partial charge on any atom is 0.206 e. The predicted octanol–water partition coefficient (Wildman–Crippen LogP) is 4.49. The summed E-state index contributed by atoms with van der Waals surface area (Å²) in [5.74, 6) is -0.0626. The molecule has 0 saturated heterocycles. The van der Waals surface area contributed by atoms with Crippen molar-refractivity contribution in [1.29, 1.82) is 0 Å². The summed E-state index contributed by atoms with van der Waals surface area (Å²) >= 11 is 7.55. The van der Waals surface area contributed by atoms with Crippen LogP contribution in [-0.4, -0.2) is 10.8 Å². The molecule has 0 fully saturated rings. The Hall–Kier alpha value is -1.71. The van der Waals surface area contributed by atoms with Crippen molar-refractivity contribution >= 4 is 39.5 Å². The van der Waals surface area contributed by atoms with Crippen LogP contribution in [0.15, 0.2) is 42.0 Å². The fourth-order valence-electron chi connectivity index (χ4n) is 2.00. The van der Waals surface area contributed by atoms with Crippen LogP contribution in [-0.2, 0) is 0 Å². The molecule has 0 N–H and O–H groups in total. The number of aromatic nitrogens is 1. The quantitative estimate of drug-likeness (QED) is 0.650. The van der Waals surface area contributed by atoms with Crippen LogP contribution in [0.2, 0.25) is 5.02 Å². The number of rotatable bonds is 2. The molecule has 4 heteroatoms. The van der Waals surface area contributed by atoms with E-state index in [0.29, 0.717) is 15.5 Å². The molecular formula is C15H10ClNOS. The molecule has 0 aliphatic carbocycles. The van der Waals surface area contributed by atoms with E-state index in [4.69, 9.17) is 11.6 Å². The molecule has 3 rings (SSSR count). The van der Waals surface area contributed by atoms with Gasteiger partial charge in [-0.2, -0.15) is 0 Å². The molecule has 0 unspecified atom stereocenters. The number of benzene rings is 1. The molecule has 2 nitrogen and oxygen atoms in total. The van der Waals surface area contributed by atoms with Gasteiger partial charge in [0.15, 0.2) is 0 Å². The Labute approximate surface area is 119 Å². The minimum absolute atomic E-state index is 0.0626. The Morgan fingerprint density at radius 3 is 2.79 bits per heavy atom. The Morgan fingerprint density at radius 2 is 2.05 bits per heavy atom. The van der Waals surface area contributed by atoms with E-state index < -0.39 is 0 Å². The number of carbonyl (C=O) groups is 1. The number of nitrogens with zero attached hydrogens (tertiary/aromatic N) is 1. The number of ketones is 1. The maximum atomic E-state index is 12.6. The Balaban J connectivity index is 2.20. The largest absolute Gasteiger partial charge is 0.288 e. The smallest absolute Gasteiger partial charge is 0.206 e. The molecule has 1 aromatic carbocycles. The van der Waals surface area contributed by atoms with E-state index in [1.807, 2.05) is 36.6 Å². The number of pyridine rings is 1. The number of aryl methyl sites for hydroxylation is 1. The standard InChI is InChI=1S/C15H10ClNOS/c1-9-8-19-15(13(9)16)14(18)12-7-17-6-10-4-2-3-5-11(10)12/h2-8H,1H3. The highest BCUT2D eigenvalue weighted by Gasteiger charge is 2.18. The van der Waals surface area contributed by atoms with Gasteiger partial charge in [0, 0.05) is 23.3 Å². The zero-order valence-corrected chi connectivity index (χ0v) is 11.8.